The van der Waals surface area contributed by atoms with Crippen LogP contribution in [-0.4, -0.2) is 82.3 Å². The number of rotatable bonds is 7. The zero-order valence-electron chi connectivity index (χ0n) is 22.0. The molecule has 16 heteroatoms. The summed E-state index contributed by atoms with van der Waals surface area (Å²) in [5.41, 5.74) is 0.0132. The van der Waals surface area contributed by atoms with Gasteiger partial charge in [-0.15, -0.1) is 10.2 Å². The number of aromatic nitrogens is 6. The maximum absolute atomic E-state index is 13.4. The van der Waals surface area contributed by atoms with Gasteiger partial charge in [0.15, 0.2) is 17.8 Å². The van der Waals surface area contributed by atoms with Gasteiger partial charge in [-0.05, 0) is 43.3 Å². The topological polar surface area (TPSA) is 140 Å². The quantitative estimate of drug-likeness (QED) is 0.328. The van der Waals surface area contributed by atoms with E-state index in [0.29, 0.717) is 29.4 Å². The van der Waals surface area contributed by atoms with Gasteiger partial charge in [0.05, 0.1) is 17.8 Å². The molecule has 2 N–H and O–H groups in total. The van der Waals surface area contributed by atoms with E-state index in [1.54, 1.807) is 31.2 Å². The lowest BCUT2D eigenvalue weighted by Crippen LogP contribution is -2.55. The fraction of sp³-hybridized carbons (Fsp3) is 0.308. The largest absolute Gasteiger partial charge is 0.416 e. The van der Waals surface area contributed by atoms with E-state index in [2.05, 4.69) is 20.5 Å². The standard InChI is InChI=1S/C26H24ClF3N8O4/c1-15-23(40)31-10-11-35(15)24(41)18-4-2-3-5-19(18)38-14-32-21(33-38)13-37-25(42)36(12-20(39)26(28,29)30)22(34-37)16-6-8-17(27)9-7-16/h2-9,14-15,20,39H,10-13H2,1H3,(H,31,40). The molecule has 2 aromatic carbocycles. The molecule has 3 heterocycles. The van der Waals surface area contributed by atoms with E-state index in [4.69, 9.17) is 11.6 Å². The monoisotopic (exact) mass is 604 g/mol. The Hall–Kier alpha value is -4.50. The van der Waals surface area contributed by atoms with Crippen molar-refractivity contribution in [3.63, 3.8) is 0 Å². The SMILES string of the molecule is CC1C(=O)NCCN1C(=O)c1ccccc1-n1cnc(Cn2nc(-c3ccc(Cl)cc3)n(CC(O)C(F)(F)F)c2=O)n1. The zero-order chi connectivity index (χ0) is 30.2. The molecular weight excluding hydrogens is 581 g/mol. The lowest BCUT2D eigenvalue weighted by Gasteiger charge is -2.33. The van der Waals surface area contributed by atoms with Gasteiger partial charge in [0.1, 0.15) is 18.9 Å². The van der Waals surface area contributed by atoms with Gasteiger partial charge in [-0.1, -0.05) is 23.7 Å². The molecule has 2 amide bonds. The summed E-state index contributed by atoms with van der Waals surface area (Å²) in [6.45, 7) is 0.883. The summed E-state index contributed by atoms with van der Waals surface area (Å²) in [6, 6.07) is 11.9. The van der Waals surface area contributed by atoms with Crippen molar-refractivity contribution in [3.05, 3.63) is 81.8 Å². The van der Waals surface area contributed by atoms with Crippen LogP contribution in [0, 0.1) is 0 Å². The Labute approximate surface area is 240 Å². The molecule has 1 aliphatic rings. The minimum Gasteiger partial charge on any atom is -0.382 e. The maximum atomic E-state index is 13.4. The zero-order valence-corrected chi connectivity index (χ0v) is 22.7. The van der Waals surface area contributed by atoms with Crippen molar-refractivity contribution < 1.29 is 27.9 Å². The van der Waals surface area contributed by atoms with Gasteiger partial charge >= 0.3 is 11.9 Å². The number of piperazine rings is 1. The second kappa shape index (κ2) is 11.4. The summed E-state index contributed by atoms with van der Waals surface area (Å²) in [6.07, 6.45) is -6.44. The molecule has 0 spiro atoms. The highest BCUT2D eigenvalue weighted by Crippen LogP contribution is 2.24. The van der Waals surface area contributed by atoms with E-state index in [0.717, 1.165) is 9.25 Å². The molecule has 0 aliphatic carbocycles. The number of benzene rings is 2. The van der Waals surface area contributed by atoms with Crippen molar-refractivity contribution in [1.29, 1.82) is 0 Å². The lowest BCUT2D eigenvalue weighted by atomic mass is 10.1. The average molecular weight is 605 g/mol. The first-order valence-corrected chi connectivity index (χ1v) is 13.1. The number of nitrogens with zero attached hydrogens (tertiary/aromatic N) is 7. The van der Waals surface area contributed by atoms with Crippen LogP contribution in [0.1, 0.15) is 23.1 Å². The Morgan fingerprint density at radius 1 is 1.14 bits per heavy atom. The number of aliphatic hydroxyl groups is 1. The van der Waals surface area contributed by atoms with Crippen LogP contribution in [0.2, 0.25) is 5.02 Å². The highest BCUT2D eigenvalue weighted by Gasteiger charge is 2.39. The smallest absolute Gasteiger partial charge is 0.382 e. The molecule has 4 aromatic rings. The second-order valence-corrected chi connectivity index (χ2v) is 9.96. The summed E-state index contributed by atoms with van der Waals surface area (Å²) in [5.74, 6) is -0.680. The fourth-order valence-electron chi connectivity index (χ4n) is 4.49. The summed E-state index contributed by atoms with van der Waals surface area (Å²) in [7, 11) is 0. The third-order valence-electron chi connectivity index (χ3n) is 6.73. The number of carbonyl (C=O) groups excluding carboxylic acids is 2. The molecular formula is C26H24ClF3N8O4. The number of amides is 2. The number of aliphatic hydroxyl groups excluding tert-OH is 1. The summed E-state index contributed by atoms with van der Waals surface area (Å²) >= 11 is 5.92. The van der Waals surface area contributed by atoms with Crippen molar-refractivity contribution in [1.82, 2.24) is 39.3 Å². The number of hydrogen-bond acceptors (Lipinski definition) is 7. The van der Waals surface area contributed by atoms with Gasteiger partial charge in [0.25, 0.3) is 5.91 Å². The lowest BCUT2D eigenvalue weighted by molar-refractivity contribution is -0.207. The number of alkyl halides is 3. The van der Waals surface area contributed by atoms with E-state index in [-0.39, 0.29) is 35.6 Å². The predicted octanol–water partition coefficient (Wildman–Crippen LogP) is 1.88. The molecule has 1 saturated heterocycles. The third-order valence-corrected chi connectivity index (χ3v) is 6.98. The number of para-hydroxylation sites is 1. The number of carbonyl (C=O) groups is 2. The molecule has 2 unspecified atom stereocenters. The Bertz CT molecular complexity index is 1680. The van der Waals surface area contributed by atoms with Gasteiger partial charge in [0.2, 0.25) is 5.91 Å². The molecule has 0 radical (unpaired) electrons. The van der Waals surface area contributed by atoms with Crippen molar-refractivity contribution in [2.75, 3.05) is 13.1 Å². The van der Waals surface area contributed by atoms with Crippen LogP contribution in [-0.2, 0) is 17.9 Å². The Kier molecular flexibility index (Phi) is 7.88. The van der Waals surface area contributed by atoms with Gasteiger partial charge in [-0.3, -0.25) is 14.2 Å². The molecule has 2 aromatic heterocycles. The Balaban J connectivity index is 1.46. The summed E-state index contributed by atoms with van der Waals surface area (Å²) < 4.78 is 42.4. The summed E-state index contributed by atoms with van der Waals surface area (Å²) in [4.78, 5) is 44.3. The van der Waals surface area contributed by atoms with E-state index in [9.17, 15) is 32.7 Å². The van der Waals surface area contributed by atoms with E-state index in [1.165, 1.54) is 40.2 Å². The first-order chi connectivity index (χ1) is 19.9. The van der Waals surface area contributed by atoms with Crippen molar-refractivity contribution >= 4 is 23.4 Å². The van der Waals surface area contributed by atoms with Crippen LogP contribution in [0.3, 0.4) is 0 Å². The molecule has 12 nitrogen and oxygen atoms in total. The molecule has 2 atom stereocenters. The van der Waals surface area contributed by atoms with Crippen molar-refractivity contribution in [3.8, 4) is 17.1 Å². The molecule has 0 bridgehead atoms. The Morgan fingerprint density at radius 2 is 1.86 bits per heavy atom. The predicted molar refractivity (Wildman–Crippen MR) is 143 cm³/mol. The van der Waals surface area contributed by atoms with E-state index in [1.807, 2.05) is 0 Å². The molecule has 42 heavy (non-hydrogen) atoms. The molecule has 220 valence electrons. The van der Waals surface area contributed by atoms with Gasteiger partial charge in [-0.2, -0.15) is 13.2 Å². The third kappa shape index (κ3) is 5.78. The van der Waals surface area contributed by atoms with Crippen molar-refractivity contribution in [2.24, 2.45) is 0 Å². The maximum Gasteiger partial charge on any atom is 0.416 e. The average Bonchev–Trinajstić information content (AvgIpc) is 3.54. The molecule has 0 saturated carbocycles. The second-order valence-electron chi connectivity index (χ2n) is 9.53. The minimum atomic E-state index is -4.96. The normalized spacial score (nSPS) is 16.4. The molecule has 1 fully saturated rings. The van der Waals surface area contributed by atoms with Crippen LogP contribution in [0.5, 0.6) is 0 Å². The first-order valence-electron chi connectivity index (χ1n) is 12.7. The highest BCUT2D eigenvalue weighted by atomic mass is 35.5. The molecule has 5 rings (SSSR count). The first kappa shape index (κ1) is 29.0. The summed E-state index contributed by atoms with van der Waals surface area (Å²) in [5, 5.41) is 21.3. The minimum absolute atomic E-state index is 0.0775. The van der Waals surface area contributed by atoms with E-state index >= 15 is 0 Å². The number of hydrogen-bond donors (Lipinski definition) is 2. The van der Waals surface area contributed by atoms with Gasteiger partial charge in [0, 0.05) is 23.7 Å². The van der Waals surface area contributed by atoms with Crippen LogP contribution in [0.25, 0.3) is 17.1 Å². The highest BCUT2D eigenvalue weighted by molar-refractivity contribution is 6.30. The van der Waals surface area contributed by atoms with Crippen LogP contribution >= 0.6 is 11.6 Å². The molecule has 1 aliphatic heterocycles. The van der Waals surface area contributed by atoms with Gasteiger partial charge in [-0.25, -0.2) is 19.1 Å². The van der Waals surface area contributed by atoms with Crippen LogP contribution < -0.4 is 11.0 Å². The Morgan fingerprint density at radius 3 is 2.57 bits per heavy atom. The van der Waals surface area contributed by atoms with Crippen LogP contribution in [0.15, 0.2) is 59.7 Å². The fourth-order valence-corrected chi connectivity index (χ4v) is 4.61. The van der Waals surface area contributed by atoms with Crippen molar-refractivity contribution in [2.45, 2.75) is 38.3 Å². The van der Waals surface area contributed by atoms with E-state index < -0.39 is 30.6 Å². The van der Waals surface area contributed by atoms with Gasteiger partial charge < -0.3 is 15.3 Å². The number of halogens is 4. The van der Waals surface area contributed by atoms with Crippen LogP contribution in [0.4, 0.5) is 13.2 Å². The number of nitrogens with one attached hydrogen (secondary N) is 1.